The molecule has 0 radical (unpaired) electrons. The second-order valence-electron chi connectivity index (χ2n) is 2.58. The van der Waals surface area contributed by atoms with Crippen molar-refractivity contribution in [3.63, 3.8) is 0 Å². The first kappa shape index (κ1) is 9.34. The van der Waals surface area contributed by atoms with E-state index in [4.69, 9.17) is 0 Å². The van der Waals surface area contributed by atoms with E-state index in [0.717, 1.165) is 12.7 Å². The molecule has 0 N–H and O–H groups in total. The minimum absolute atomic E-state index is 0.175. The highest BCUT2D eigenvalue weighted by atomic mass is 16.1. The van der Waals surface area contributed by atoms with Crippen LogP contribution in [0.15, 0.2) is 0 Å². The number of carbonyl (C=O) groups is 2. The fraction of sp³-hybridized carbons (Fsp3) is 0.750. The summed E-state index contributed by atoms with van der Waals surface area (Å²) in [5.41, 5.74) is 0. The third-order valence-corrected chi connectivity index (χ3v) is 1.58. The summed E-state index contributed by atoms with van der Waals surface area (Å²) in [4.78, 5) is 20.6. The molecule has 0 aromatic heterocycles. The summed E-state index contributed by atoms with van der Waals surface area (Å²) in [6.45, 7) is 3.56. The number of rotatable bonds is 5. The van der Waals surface area contributed by atoms with Crippen LogP contribution in [0.5, 0.6) is 0 Å². The zero-order valence-electron chi connectivity index (χ0n) is 6.59. The van der Waals surface area contributed by atoms with Crippen LogP contribution in [0.2, 0.25) is 0 Å². The lowest BCUT2D eigenvalue weighted by Gasteiger charge is -2.06. The predicted octanol–water partition coefficient (Wildman–Crippen LogP) is 1.58. The summed E-state index contributed by atoms with van der Waals surface area (Å²) in [5, 5.41) is 0. The Kier molecular flexibility index (Phi) is 4.81. The van der Waals surface area contributed by atoms with E-state index in [1.165, 1.54) is 0 Å². The molecule has 2 heteroatoms. The maximum Gasteiger partial charge on any atom is 0.130 e. The average molecular weight is 142 g/mol. The van der Waals surface area contributed by atoms with Crippen LogP contribution in [0.25, 0.3) is 0 Å². The van der Waals surface area contributed by atoms with Crippen molar-refractivity contribution in [1.82, 2.24) is 0 Å². The maximum atomic E-state index is 10.6. The molecule has 0 aliphatic carbocycles. The summed E-state index contributed by atoms with van der Waals surface area (Å²) in [7, 11) is 0. The highest BCUT2D eigenvalue weighted by molar-refractivity contribution is 5.76. The summed E-state index contributed by atoms with van der Waals surface area (Å²) < 4.78 is 0. The molecule has 0 aromatic carbocycles. The van der Waals surface area contributed by atoms with Gasteiger partial charge in [-0.2, -0.15) is 0 Å². The van der Waals surface area contributed by atoms with Crippen molar-refractivity contribution in [2.75, 3.05) is 0 Å². The van der Waals surface area contributed by atoms with Crippen LogP contribution < -0.4 is 0 Å². The fourth-order valence-electron chi connectivity index (χ4n) is 0.937. The SMILES string of the molecule is CC[C@H](CC=O)CC(C)=O. The van der Waals surface area contributed by atoms with Crippen LogP contribution in [0.4, 0.5) is 0 Å². The number of hydrogen-bond donors (Lipinski definition) is 0. The molecule has 0 aliphatic rings. The van der Waals surface area contributed by atoms with E-state index in [2.05, 4.69) is 0 Å². The van der Waals surface area contributed by atoms with Crippen LogP contribution in [0.3, 0.4) is 0 Å². The maximum absolute atomic E-state index is 10.6. The molecule has 0 amide bonds. The van der Waals surface area contributed by atoms with Crippen molar-refractivity contribution >= 4 is 12.1 Å². The van der Waals surface area contributed by atoms with E-state index in [1.807, 2.05) is 6.92 Å². The molecule has 0 aliphatic heterocycles. The van der Waals surface area contributed by atoms with Crippen LogP contribution >= 0.6 is 0 Å². The van der Waals surface area contributed by atoms with E-state index in [0.29, 0.717) is 12.8 Å². The Morgan fingerprint density at radius 1 is 1.60 bits per heavy atom. The zero-order chi connectivity index (χ0) is 7.98. The quantitative estimate of drug-likeness (QED) is 0.546. The lowest BCUT2D eigenvalue weighted by atomic mass is 9.97. The van der Waals surface area contributed by atoms with Gasteiger partial charge < -0.3 is 9.59 Å². The summed E-state index contributed by atoms with van der Waals surface area (Å²) >= 11 is 0. The van der Waals surface area contributed by atoms with Gasteiger partial charge in [-0.1, -0.05) is 13.3 Å². The first-order valence-electron chi connectivity index (χ1n) is 3.63. The van der Waals surface area contributed by atoms with Gasteiger partial charge in [-0.3, -0.25) is 0 Å². The molecule has 58 valence electrons. The zero-order valence-corrected chi connectivity index (χ0v) is 6.59. The Morgan fingerprint density at radius 2 is 2.20 bits per heavy atom. The number of ketones is 1. The lowest BCUT2D eigenvalue weighted by Crippen LogP contribution is -2.04. The molecule has 0 fully saturated rings. The average Bonchev–Trinajstić information content (AvgIpc) is 1.86. The van der Waals surface area contributed by atoms with E-state index < -0.39 is 0 Å². The van der Waals surface area contributed by atoms with Gasteiger partial charge in [-0.15, -0.1) is 0 Å². The molecule has 1 atom stereocenters. The van der Waals surface area contributed by atoms with Gasteiger partial charge in [0.05, 0.1) is 0 Å². The highest BCUT2D eigenvalue weighted by Gasteiger charge is 2.07. The molecule has 0 saturated heterocycles. The molecule has 0 heterocycles. The number of aldehydes is 1. The van der Waals surface area contributed by atoms with Crippen molar-refractivity contribution in [1.29, 1.82) is 0 Å². The Balaban J connectivity index is 3.59. The number of hydrogen-bond acceptors (Lipinski definition) is 2. The molecule has 2 nitrogen and oxygen atoms in total. The fourth-order valence-corrected chi connectivity index (χ4v) is 0.937. The Hall–Kier alpha value is -0.660. The molecular formula is C8H14O2. The van der Waals surface area contributed by atoms with Gasteiger partial charge in [0.1, 0.15) is 12.1 Å². The molecule has 0 rings (SSSR count). The minimum Gasteiger partial charge on any atom is -0.303 e. The van der Waals surface area contributed by atoms with Crippen molar-refractivity contribution in [2.24, 2.45) is 5.92 Å². The Morgan fingerprint density at radius 3 is 2.50 bits per heavy atom. The summed E-state index contributed by atoms with van der Waals surface area (Å²) in [5.74, 6) is 0.448. The van der Waals surface area contributed by atoms with Gasteiger partial charge in [0.2, 0.25) is 0 Å². The van der Waals surface area contributed by atoms with Crippen LogP contribution in [-0.4, -0.2) is 12.1 Å². The van der Waals surface area contributed by atoms with Gasteiger partial charge in [-0.05, 0) is 12.8 Å². The molecule has 0 bridgehead atoms. The van der Waals surface area contributed by atoms with Gasteiger partial charge in [0, 0.05) is 12.8 Å². The van der Waals surface area contributed by atoms with Gasteiger partial charge in [-0.25, -0.2) is 0 Å². The molecular weight excluding hydrogens is 128 g/mol. The second-order valence-corrected chi connectivity index (χ2v) is 2.58. The first-order valence-corrected chi connectivity index (χ1v) is 3.63. The van der Waals surface area contributed by atoms with Gasteiger partial charge in [0.25, 0.3) is 0 Å². The van der Waals surface area contributed by atoms with Crippen molar-refractivity contribution in [2.45, 2.75) is 33.1 Å². The standard InChI is InChI=1S/C8H14O2/c1-3-8(4-5-9)6-7(2)10/h5,8H,3-4,6H2,1-2H3/t8-/m1/s1. The molecule has 10 heavy (non-hydrogen) atoms. The topological polar surface area (TPSA) is 34.1 Å². The second kappa shape index (κ2) is 5.15. The van der Waals surface area contributed by atoms with Gasteiger partial charge >= 0.3 is 0 Å². The number of Topliss-reactive ketones (excluding diaryl/α,β-unsaturated/α-hetero) is 1. The largest absolute Gasteiger partial charge is 0.303 e. The van der Waals surface area contributed by atoms with Crippen LogP contribution in [-0.2, 0) is 9.59 Å². The first-order chi connectivity index (χ1) is 4.70. The Bertz CT molecular complexity index is 118. The summed E-state index contributed by atoms with van der Waals surface area (Å²) in [6.07, 6.45) is 2.88. The van der Waals surface area contributed by atoms with Gasteiger partial charge in [0.15, 0.2) is 0 Å². The van der Waals surface area contributed by atoms with E-state index >= 15 is 0 Å². The van der Waals surface area contributed by atoms with Crippen molar-refractivity contribution in [3.05, 3.63) is 0 Å². The van der Waals surface area contributed by atoms with E-state index in [9.17, 15) is 9.59 Å². The smallest absolute Gasteiger partial charge is 0.130 e. The normalized spacial score (nSPS) is 12.6. The molecule has 0 saturated carbocycles. The highest BCUT2D eigenvalue weighted by Crippen LogP contribution is 2.11. The predicted molar refractivity (Wildman–Crippen MR) is 39.8 cm³/mol. The third-order valence-electron chi connectivity index (χ3n) is 1.58. The van der Waals surface area contributed by atoms with E-state index in [-0.39, 0.29) is 11.7 Å². The van der Waals surface area contributed by atoms with Crippen molar-refractivity contribution in [3.8, 4) is 0 Å². The van der Waals surface area contributed by atoms with E-state index in [1.54, 1.807) is 6.92 Å². The van der Waals surface area contributed by atoms with Crippen molar-refractivity contribution < 1.29 is 9.59 Å². The minimum atomic E-state index is 0.175. The molecule has 0 unspecified atom stereocenters. The molecule has 0 spiro atoms. The number of carbonyl (C=O) groups excluding carboxylic acids is 2. The lowest BCUT2D eigenvalue weighted by molar-refractivity contribution is -0.118. The van der Waals surface area contributed by atoms with Crippen LogP contribution in [0.1, 0.15) is 33.1 Å². The molecule has 0 aromatic rings. The summed E-state index contributed by atoms with van der Waals surface area (Å²) in [6, 6.07) is 0. The Labute approximate surface area is 61.6 Å². The third kappa shape index (κ3) is 4.24. The van der Waals surface area contributed by atoms with Crippen LogP contribution in [0, 0.1) is 5.92 Å². The monoisotopic (exact) mass is 142 g/mol.